The fourth-order valence-corrected chi connectivity index (χ4v) is 5.18. The van der Waals surface area contributed by atoms with Crippen molar-refractivity contribution < 1.29 is 9.18 Å². The molecular weight excluding hydrogens is 473 g/mol. The molecule has 0 unspecified atom stereocenters. The maximum absolute atomic E-state index is 13.6. The predicted octanol–water partition coefficient (Wildman–Crippen LogP) is 5.86. The summed E-state index contributed by atoms with van der Waals surface area (Å²) >= 11 is 7.26. The number of hydrogen-bond donors (Lipinski definition) is 1. The first-order chi connectivity index (χ1) is 16.2. The number of hydrazone groups is 1. The molecule has 0 radical (unpaired) electrons. The van der Waals surface area contributed by atoms with Crippen LogP contribution in [0.2, 0.25) is 5.02 Å². The van der Waals surface area contributed by atoms with Crippen LogP contribution < -0.4 is 0 Å². The molecule has 1 aromatic heterocycles. The molecule has 1 N–H and O–H groups in total. The minimum atomic E-state index is -0.487. The standard InChI is InChI=1S/C25H19ClFN5OS/c1-13-6-4-5-7-18(13)24-30-32-22(28)19(23(33)29-25(32)34-24)11-16-10-14(2)31(15(16)3)17-8-9-21(27)20(26)12-17/h4-12,28H,1-3H3. The molecule has 5 rings (SSSR count). The quantitative estimate of drug-likeness (QED) is 0.466. The van der Waals surface area contributed by atoms with Gasteiger partial charge >= 0.3 is 0 Å². The van der Waals surface area contributed by atoms with Gasteiger partial charge < -0.3 is 4.57 Å². The zero-order chi connectivity index (χ0) is 24.1. The van der Waals surface area contributed by atoms with Crippen molar-refractivity contribution >= 4 is 51.4 Å². The lowest BCUT2D eigenvalue weighted by atomic mass is 10.1. The number of nitrogens with zero attached hydrogens (tertiary/aromatic N) is 4. The molecule has 9 heteroatoms. The Morgan fingerprint density at radius 2 is 1.88 bits per heavy atom. The second kappa shape index (κ2) is 8.38. The number of carbonyl (C=O) groups is 1. The number of amidine groups is 2. The predicted molar refractivity (Wildman–Crippen MR) is 136 cm³/mol. The van der Waals surface area contributed by atoms with E-state index in [4.69, 9.17) is 17.0 Å². The molecule has 3 aromatic rings. The third kappa shape index (κ3) is 3.69. The average molecular weight is 492 g/mol. The van der Waals surface area contributed by atoms with Gasteiger partial charge in [0.25, 0.3) is 5.91 Å². The summed E-state index contributed by atoms with van der Waals surface area (Å²) in [4.78, 5) is 17.1. The fourth-order valence-electron chi connectivity index (χ4n) is 4.02. The van der Waals surface area contributed by atoms with Gasteiger partial charge in [-0.15, -0.1) is 0 Å². The summed E-state index contributed by atoms with van der Waals surface area (Å²) < 4.78 is 15.6. The zero-order valence-corrected chi connectivity index (χ0v) is 20.1. The van der Waals surface area contributed by atoms with Gasteiger partial charge in [-0.05, 0) is 74.0 Å². The molecule has 1 amide bonds. The number of rotatable bonds is 3. The fraction of sp³-hybridized carbons (Fsp3) is 0.120. The summed E-state index contributed by atoms with van der Waals surface area (Å²) in [7, 11) is 0. The second-order valence-electron chi connectivity index (χ2n) is 8.00. The van der Waals surface area contributed by atoms with Crippen LogP contribution in [0, 0.1) is 32.0 Å². The lowest BCUT2D eigenvalue weighted by Crippen LogP contribution is -2.35. The molecule has 0 saturated heterocycles. The van der Waals surface area contributed by atoms with Crippen LogP contribution in [0.15, 0.2) is 64.2 Å². The van der Waals surface area contributed by atoms with E-state index < -0.39 is 11.7 Å². The number of carbonyl (C=O) groups excluding carboxylic acids is 1. The van der Waals surface area contributed by atoms with Crippen LogP contribution in [0.4, 0.5) is 4.39 Å². The third-order valence-corrected chi connectivity index (χ3v) is 6.99. The maximum atomic E-state index is 13.6. The molecule has 3 heterocycles. The van der Waals surface area contributed by atoms with Gasteiger partial charge in [0.15, 0.2) is 5.84 Å². The van der Waals surface area contributed by atoms with Gasteiger partial charge in [0.2, 0.25) is 5.17 Å². The number of benzene rings is 2. The van der Waals surface area contributed by atoms with E-state index >= 15 is 0 Å². The first-order valence-electron chi connectivity index (χ1n) is 10.4. The molecule has 2 aliphatic rings. The minimum absolute atomic E-state index is 0.0271. The molecule has 0 saturated carbocycles. The molecule has 6 nitrogen and oxygen atoms in total. The number of amides is 1. The van der Waals surface area contributed by atoms with Crippen LogP contribution in [0.1, 0.15) is 28.1 Å². The summed E-state index contributed by atoms with van der Waals surface area (Å²) in [5, 5.41) is 15.7. The topological polar surface area (TPSA) is 73.8 Å². The molecule has 0 aliphatic carbocycles. The summed E-state index contributed by atoms with van der Waals surface area (Å²) in [5.74, 6) is -1.00. The molecule has 0 atom stereocenters. The van der Waals surface area contributed by atoms with E-state index in [0.717, 1.165) is 28.1 Å². The monoisotopic (exact) mass is 491 g/mol. The molecule has 2 aromatic carbocycles. The lowest BCUT2D eigenvalue weighted by Gasteiger charge is -2.20. The van der Waals surface area contributed by atoms with Gasteiger partial charge in [0.05, 0.1) is 10.6 Å². The van der Waals surface area contributed by atoms with Gasteiger partial charge in [-0.1, -0.05) is 35.9 Å². The molecular formula is C25H19ClFN5OS. The van der Waals surface area contributed by atoms with Crippen LogP contribution in [-0.4, -0.2) is 31.5 Å². The van der Waals surface area contributed by atoms with Gasteiger partial charge in [0.1, 0.15) is 10.9 Å². The zero-order valence-electron chi connectivity index (χ0n) is 18.6. The molecule has 170 valence electrons. The Kier molecular flexibility index (Phi) is 5.50. The number of aromatic nitrogens is 1. The highest BCUT2D eigenvalue weighted by molar-refractivity contribution is 8.27. The van der Waals surface area contributed by atoms with Crippen molar-refractivity contribution in [1.29, 1.82) is 5.41 Å². The number of thioether (sulfide) groups is 1. The normalized spacial score (nSPS) is 16.7. The average Bonchev–Trinajstić information content (AvgIpc) is 3.34. The highest BCUT2D eigenvalue weighted by Gasteiger charge is 2.36. The number of aryl methyl sites for hydroxylation is 2. The van der Waals surface area contributed by atoms with Crippen molar-refractivity contribution in [2.45, 2.75) is 20.8 Å². The van der Waals surface area contributed by atoms with E-state index in [-0.39, 0.29) is 16.4 Å². The van der Waals surface area contributed by atoms with Crippen molar-refractivity contribution in [3.05, 3.63) is 93.0 Å². The van der Waals surface area contributed by atoms with Crippen LogP contribution >= 0.6 is 23.4 Å². The Labute approximate surface area is 205 Å². The minimum Gasteiger partial charge on any atom is -0.318 e. The van der Waals surface area contributed by atoms with Crippen molar-refractivity contribution in [2.75, 3.05) is 0 Å². The maximum Gasteiger partial charge on any atom is 0.283 e. The van der Waals surface area contributed by atoms with E-state index in [1.165, 1.54) is 22.8 Å². The first-order valence-corrected chi connectivity index (χ1v) is 11.6. The Hall–Kier alpha value is -3.49. The number of hydrogen-bond acceptors (Lipinski definition) is 4. The van der Waals surface area contributed by atoms with Crippen LogP contribution in [0.3, 0.4) is 0 Å². The number of fused-ring (bicyclic) bond motifs is 1. The van der Waals surface area contributed by atoms with Crippen molar-refractivity contribution in [3.63, 3.8) is 0 Å². The number of aliphatic imine (C=N–C) groups is 1. The lowest BCUT2D eigenvalue weighted by molar-refractivity contribution is -0.114. The second-order valence-corrected chi connectivity index (χ2v) is 9.36. The van der Waals surface area contributed by atoms with Gasteiger partial charge in [0, 0.05) is 22.6 Å². The molecule has 0 fully saturated rings. The Bertz CT molecular complexity index is 1490. The number of halogens is 2. The van der Waals surface area contributed by atoms with E-state index in [1.54, 1.807) is 18.2 Å². The summed E-state index contributed by atoms with van der Waals surface area (Å²) in [6.45, 7) is 5.79. The SMILES string of the molecule is Cc1ccccc1C1=NN2C(=N)C(=Cc3cc(C)n(-c4ccc(F)c(Cl)c4)c3C)C(=O)N=C2S1. The summed E-state index contributed by atoms with van der Waals surface area (Å²) in [6.07, 6.45) is 1.65. The van der Waals surface area contributed by atoms with E-state index in [2.05, 4.69) is 10.1 Å². The van der Waals surface area contributed by atoms with Gasteiger partial charge in [-0.3, -0.25) is 10.2 Å². The van der Waals surface area contributed by atoms with Gasteiger partial charge in [-0.2, -0.15) is 15.1 Å². The molecule has 0 bridgehead atoms. The van der Waals surface area contributed by atoms with Gasteiger partial charge in [-0.25, -0.2) is 4.39 Å². The Morgan fingerprint density at radius 1 is 1.12 bits per heavy atom. The molecule has 34 heavy (non-hydrogen) atoms. The van der Waals surface area contributed by atoms with E-state index in [9.17, 15) is 9.18 Å². The smallest absolute Gasteiger partial charge is 0.283 e. The largest absolute Gasteiger partial charge is 0.318 e. The molecule has 2 aliphatic heterocycles. The summed E-state index contributed by atoms with van der Waals surface area (Å²) in [6, 6.07) is 14.2. The van der Waals surface area contributed by atoms with Crippen molar-refractivity contribution in [1.82, 2.24) is 9.58 Å². The summed E-state index contributed by atoms with van der Waals surface area (Å²) in [5.41, 5.74) is 5.30. The third-order valence-electron chi connectivity index (χ3n) is 5.76. The van der Waals surface area contributed by atoms with E-state index in [0.29, 0.717) is 15.9 Å². The Balaban J connectivity index is 1.52. The van der Waals surface area contributed by atoms with Crippen molar-refractivity contribution in [2.24, 2.45) is 10.1 Å². The molecule has 0 spiro atoms. The van der Waals surface area contributed by atoms with Crippen molar-refractivity contribution in [3.8, 4) is 5.69 Å². The van der Waals surface area contributed by atoms with Crippen LogP contribution in [0.25, 0.3) is 11.8 Å². The number of nitrogens with one attached hydrogen (secondary N) is 1. The first kappa shape index (κ1) is 22.3. The van der Waals surface area contributed by atoms with Crippen LogP contribution in [0.5, 0.6) is 0 Å². The highest BCUT2D eigenvalue weighted by atomic mass is 35.5. The Morgan fingerprint density at radius 3 is 2.62 bits per heavy atom. The van der Waals surface area contributed by atoms with E-state index in [1.807, 2.05) is 55.7 Å². The van der Waals surface area contributed by atoms with Crippen LogP contribution in [-0.2, 0) is 4.79 Å². The highest BCUT2D eigenvalue weighted by Crippen LogP contribution is 2.33.